The average molecular weight is 425 g/mol. The lowest BCUT2D eigenvalue weighted by Gasteiger charge is -2.42. The van der Waals surface area contributed by atoms with Gasteiger partial charge in [0.1, 0.15) is 0 Å². The molecule has 132 valence electrons. The highest BCUT2D eigenvalue weighted by atomic mass is 79.9. The molecule has 2 amide bonds. The third-order valence-corrected chi connectivity index (χ3v) is 7.56. The molecule has 1 aromatic carbocycles. The van der Waals surface area contributed by atoms with Gasteiger partial charge in [0.2, 0.25) is 21.8 Å². The standard InChI is InChI=1S/C17H17BrN2O4S/c18-11-5-7-13(8-6-11)25(23,24)19-9-12(10-19)20-16(21)14-3-1-2-4-15(14)17(20)22/h1-2,5-8,12,14-15H,3-4,9-10H2/t14-,15-/m1/s1. The monoisotopic (exact) mass is 424 g/mol. The van der Waals surface area contributed by atoms with E-state index in [1.54, 1.807) is 24.3 Å². The fourth-order valence-corrected chi connectivity index (χ4v) is 5.50. The fourth-order valence-electron chi connectivity index (χ4n) is 3.72. The van der Waals surface area contributed by atoms with Crippen LogP contribution in [0.15, 0.2) is 45.8 Å². The molecule has 0 radical (unpaired) electrons. The molecule has 2 heterocycles. The summed E-state index contributed by atoms with van der Waals surface area (Å²) in [5.74, 6) is -0.834. The van der Waals surface area contributed by atoms with E-state index in [0.717, 1.165) is 4.47 Å². The van der Waals surface area contributed by atoms with Gasteiger partial charge in [0.15, 0.2) is 0 Å². The summed E-state index contributed by atoms with van der Waals surface area (Å²) in [4.78, 5) is 26.6. The summed E-state index contributed by atoms with van der Waals surface area (Å²) in [6.07, 6.45) is 5.08. The first kappa shape index (κ1) is 16.9. The quantitative estimate of drug-likeness (QED) is 0.547. The van der Waals surface area contributed by atoms with Gasteiger partial charge in [-0.3, -0.25) is 14.5 Å². The number of imide groups is 1. The van der Waals surface area contributed by atoms with Crippen LogP contribution in [0.2, 0.25) is 0 Å². The molecule has 25 heavy (non-hydrogen) atoms. The van der Waals surface area contributed by atoms with Crippen molar-refractivity contribution in [2.75, 3.05) is 13.1 Å². The number of fused-ring (bicyclic) bond motifs is 1. The molecular formula is C17H17BrN2O4S. The van der Waals surface area contributed by atoms with E-state index < -0.39 is 10.0 Å². The minimum absolute atomic E-state index is 0.148. The van der Waals surface area contributed by atoms with Gasteiger partial charge < -0.3 is 0 Å². The summed E-state index contributed by atoms with van der Waals surface area (Å²) in [7, 11) is -3.59. The van der Waals surface area contributed by atoms with Crippen molar-refractivity contribution in [2.45, 2.75) is 23.8 Å². The smallest absolute Gasteiger partial charge is 0.243 e. The summed E-state index contributed by atoms with van der Waals surface area (Å²) < 4.78 is 27.3. The highest BCUT2D eigenvalue weighted by Gasteiger charge is 2.53. The van der Waals surface area contributed by atoms with E-state index in [4.69, 9.17) is 0 Å². The van der Waals surface area contributed by atoms with E-state index >= 15 is 0 Å². The van der Waals surface area contributed by atoms with Crippen LogP contribution < -0.4 is 0 Å². The van der Waals surface area contributed by atoms with Crippen LogP contribution in [0, 0.1) is 11.8 Å². The van der Waals surface area contributed by atoms with E-state index in [0.29, 0.717) is 12.8 Å². The first-order valence-corrected chi connectivity index (χ1v) is 10.4. The van der Waals surface area contributed by atoms with Crippen molar-refractivity contribution in [1.29, 1.82) is 0 Å². The predicted molar refractivity (Wildman–Crippen MR) is 93.9 cm³/mol. The number of amides is 2. The molecule has 1 aromatic rings. The molecule has 0 spiro atoms. The van der Waals surface area contributed by atoms with Crippen LogP contribution in [0.5, 0.6) is 0 Å². The molecule has 0 bridgehead atoms. The lowest BCUT2D eigenvalue weighted by Crippen LogP contribution is -2.62. The molecule has 6 nitrogen and oxygen atoms in total. The van der Waals surface area contributed by atoms with Crippen molar-refractivity contribution in [3.63, 3.8) is 0 Å². The highest BCUT2D eigenvalue weighted by Crippen LogP contribution is 2.38. The zero-order chi connectivity index (χ0) is 17.8. The SMILES string of the molecule is O=C1[C@@H]2CC=CC[C@H]2C(=O)N1C1CN(S(=O)(=O)c2ccc(Br)cc2)C1. The number of allylic oxidation sites excluding steroid dienone is 2. The Morgan fingerprint density at radius 2 is 1.44 bits per heavy atom. The summed E-state index contributed by atoms with van der Waals surface area (Å²) in [6.45, 7) is 0.339. The lowest BCUT2D eigenvalue weighted by molar-refractivity contribution is -0.145. The van der Waals surface area contributed by atoms with Crippen LogP contribution >= 0.6 is 15.9 Å². The molecule has 3 aliphatic rings. The Hall–Kier alpha value is -1.51. The van der Waals surface area contributed by atoms with Gasteiger partial charge in [-0.2, -0.15) is 4.31 Å². The summed E-state index contributed by atoms with van der Waals surface area (Å²) in [6, 6.07) is 6.08. The number of hydrogen-bond acceptors (Lipinski definition) is 4. The average Bonchev–Trinajstić information content (AvgIpc) is 2.79. The predicted octanol–water partition coefficient (Wildman–Crippen LogP) is 1.77. The van der Waals surface area contributed by atoms with Crippen LogP contribution in [-0.2, 0) is 19.6 Å². The molecule has 2 fully saturated rings. The number of sulfonamides is 1. The minimum atomic E-state index is -3.59. The minimum Gasteiger partial charge on any atom is -0.276 e. The van der Waals surface area contributed by atoms with Crippen LogP contribution in [0.1, 0.15) is 12.8 Å². The number of rotatable bonds is 3. The van der Waals surface area contributed by atoms with Crippen molar-refractivity contribution >= 4 is 37.8 Å². The first-order valence-electron chi connectivity index (χ1n) is 8.17. The summed E-state index contributed by atoms with van der Waals surface area (Å²) in [5, 5.41) is 0. The number of halogens is 1. The van der Waals surface area contributed by atoms with E-state index in [1.807, 2.05) is 12.2 Å². The molecule has 8 heteroatoms. The van der Waals surface area contributed by atoms with Crippen molar-refractivity contribution < 1.29 is 18.0 Å². The van der Waals surface area contributed by atoms with Gasteiger partial charge in [-0.15, -0.1) is 0 Å². The van der Waals surface area contributed by atoms with Gasteiger partial charge >= 0.3 is 0 Å². The third kappa shape index (κ3) is 2.67. The second kappa shape index (κ2) is 6.03. The maximum atomic E-state index is 12.6. The van der Waals surface area contributed by atoms with E-state index in [2.05, 4.69) is 15.9 Å². The van der Waals surface area contributed by atoms with E-state index in [9.17, 15) is 18.0 Å². The lowest BCUT2D eigenvalue weighted by atomic mass is 9.85. The van der Waals surface area contributed by atoms with Crippen LogP contribution in [0.25, 0.3) is 0 Å². The Balaban J connectivity index is 1.48. The first-order chi connectivity index (χ1) is 11.9. The number of carbonyl (C=O) groups excluding carboxylic acids is 2. The number of carbonyl (C=O) groups is 2. The normalized spacial score (nSPS) is 27.5. The van der Waals surface area contributed by atoms with Crippen LogP contribution in [-0.4, -0.2) is 48.6 Å². The number of hydrogen-bond donors (Lipinski definition) is 0. The van der Waals surface area contributed by atoms with E-state index in [1.165, 1.54) is 9.21 Å². The van der Waals surface area contributed by atoms with E-state index in [-0.39, 0.29) is 47.7 Å². The maximum Gasteiger partial charge on any atom is 0.243 e. The maximum absolute atomic E-state index is 12.6. The molecule has 4 rings (SSSR count). The number of nitrogens with zero attached hydrogens (tertiary/aromatic N) is 2. The van der Waals surface area contributed by atoms with Crippen molar-refractivity contribution in [3.8, 4) is 0 Å². The third-order valence-electron chi connectivity index (χ3n) is 5.19. The molecule has 0 N–H and O–H groups in total. The molecule has 2 atom stereocenters. The molecular weight excluding hydrogens is 408 g/mol. The zero-order valence-electron chi connectivity index (χ0n) is 13.3. The largest absolute Gasteiger partial charge is 0.276 e. The van der Waals surface area contributed by atoms with Crippen LogP contribution in [0.4, 0.5) is 0 Å². The van der Waals surface area contributed by atoms with Crippen molar-refractivity contribution in [2.24, 2.45) is 11.8 Å². The molecule has 0 unspecified atom stereocenters. The Kier molecular flexibility index (Phi) is 4.09. The second-order valence-corrected chi connectivity index (χ2v) is 9.49. The Morgan fingerprint density at radius 1 is 0.920 bits per heavy atom. The molecule has 1 aliphatic carbocycles. The molecule has 2 saturated heterocycles. The summed E-state index contributed by atoms with van der Waals surface area (Å²) in [5.41, 5.74) is 0. The van der Waals surface area contributed by atoms with Gasteiger partial charge in [0.25, 0.3) is 0 Å². The van der Waals surface area contributed by atoms with Gasteiger partial charge in [0, 0.05) is 17.6 Å². The van der Waals surface area contributed by atoms with Gasteiger partial charge in [0.05, 0.1) is 22.8 Å². The molecule has 0 aromatic heterocycles. The second-order valence-electron chi connectivity index (χ2n) is 6.63. The Bertz CT molecular complexity index is 833. The highest BCUT2D eigenvalue weighted by molar-refractivity contribution is 9.10. The van der Waals surface area contributed by atoms with Gasteiger partial charge in [-0.25, -0.2) is 8.42 Å². The molecule has 0 saturated carbocycles. The van der Waals surface area contributed by atoms with Gasteiger partial charge in [-0.05, 0) is 37.1 Å². The Labute approximate surface area is 154 Å². The Morgan fingerprint density at radius 3 is 1.96 bits per heavy atom. The number of benzene rings is 1. The number of likely N-dealkylation sites (tertiary alicyclic amines) is 1. The molecule has 2 aliphatic heterocycles. The van der Waals surface area contributed by atoms with Gasteiger partial charge in [-0.1, -0.05) is 28.1 Å². The zero-order valence-corrected chi connectivity index (χ0v) is 15.7. The fraction of sp³-hybridized carbons (Fsp3) is 0.412. The summed E-state index contributed by atoms with van der Waals surface area (Å²) >= 11 is 3.28. The van der Waals surface area contributed by atoms with Crippen molar-refractivity contribution in [1.82, 2.24) is 9.21 Å². The topological polar surface area (TPSA) is 74.8 Å². The van der Waals surface area contributed by atoms with Crippen LogP contribution in [0.3, 0.4) is 0 Å². The van der Waals surface area contributed by atoms with Crippen molar-refractivity contribution in [3.05, 3.63) is 40.9 Å².